The van der Waals surface area contributed by atoms with E-state index in [1.165, 1.54) is 35.4 Å². The zero-order valence-corrected chi connectivity index (χ0v) is 14.0. The van der Waals surface area contributed by atoms with Gasteiger partial charge in [-0.3, -0.25) is 14.2 Å². The number of nitrogens with one attached hydrogen (secondary N) is 1. The average Bonchev–Trinajstić information content (AvgIpc) is 2.63. The van der Waals surface area contributed by atoms with Crippen molar-refractivity contribution in [2.45, 2.75) is 20.0 Å². The van der Waals surface area contributed by atoms with E-state index < -0.39 is 0 Å². The van der Waals surface area contributed by atoms with Crippen LogP contribution in [0.15, 0.2) is 53.8 Å². The fraction of sp³-hybridized carbons (Fsp3) is 0.167. The van der Waals surface area contributed by atoms with Crippen molar-refractivity contribution in [2.75, 3.05) is 0 Å². The van der Waals surface area contributed by atoms with E-state index in [0.29, 0.717) is 17.1 Å². The van der Waals surface area contributed by atoms with Crippen LogP contribution in [0, 0.1) is 12.7 Å². The van der Waals surface area contributed by atoms with Gasteiger partial charge in [0.05, 0.1) is 24.3 Å². The fourth-order valence-corrected chi connectivity index (χ4v) is 2.31. The molecule has 132 valence electrons. The normalized spacial score (nSPS) is 10.5. The minimum absolute atomic E-state index is 0.123. The number of rotatable bonds is 5. The van der Waals surface area contributed by atoms with Crippen LogP contribution in [0.1, 0.15) is 11.4 Å². The van der Waals surface area contributed by atoms with Crippen LogP contribution in [0.5, 0.6) is 0 Å². The van der Waals surface area contributed by atoms with Crippen LogP contribution in [0.2, 0.25) is 0 Å². The molecule has 0 fully saturated rings. The summed E-state index contributed by atoms with van der Waals surface area (Å²) < 4.78 is 14.2. The summed E-state index contributed by atoms with van der Waals surface area (Å²) in [7, 11) is 0. The highest BCUT2D eigenvalue weighted by atomic mass is 19.1. The van der Waals surface area contributed by atoms with Crippen LogP contribution in [0.4, 0.5) is 4.39 Å². The molecule has 0 saturated carbocycles. The molecule has 2 heterocycles. The molecule has 0 atom stereocenters. The number of carbonyl (C=O) groups excluding carboxylic acids is 1. The molecule has 0 unspecified atom stereocenters. The third-order valence-corrected chi connectivity index (χ3v) is 3.66. The second-order valence-corrected chi connectivity index (χ2v) is 5.67. The molecule has 2 aromatic heterocycles. The van der Waals surface area contributed by atoms with Crippen LogP contribution in [-0.4, -0.2) is 25.4 Å². The Morgan fingerprint density at radius 2 is 1.92 bits per heavy atom. The monoisotopic (exact) mass is 353 g/mol. The second kappa shape index (κ2) is 7.64. The van der Waals surface area contributed by atoms with Gasteiger partial charge in [-0.15, -0.1) is 0 Å². The van der Waals surface area contributed by atoms with Crippen LogP contribution in [0.3, 0.4) is 0 Å². The fourth-order valence-electron chi connectivity index (χ4n) is 2.31. The quantitative estimate of drug-likeness (QED) is 0.750. The number of nitrogens with zero attached hydrogens (tertiary/aromatic N) is 4. The maximum absolute atomic E-state index is 13.0. The molecule has 0 aliphatic carbocycles. The molecule has 0 radical (unpaired) electrons. The molecule has 3 aromatic rings. The number of benzene rings is 1. The number of halogens is 1. The van der Waals surface area contributed by atoms with E-state index in [1.807, 2.05) is 0 Å². The van der Waals surface area contributed by atoms with Crippen molar-refractivity contribution >= 4 is 5.91 Å². The highest BCUT2D eigenvalue weighted by Crippen LogP contribution is 2.17. The highest BCUT2D eigenvalue weighted by molar-refractivity contribution is 5.75. The summed E-state index contributed by atoms with van der Waals surface area (Å²) in [6, 6.07) is 9.03. The Morgan fingerprint density at radius 1 is 1.15 bits per heavy atom. The van der Waals surface area contributed by atoms with E-state index in [-0.39, 0.29) is 30.4 Å². The summed E-state index contributed by atoms with van der Waals surface area (Å²) in [6.07, 6.45) is 2.73. The average molecular weight is 353 g/mol. The Bertz CT molecular complexity index is 985. The van der Waals surface area contributed by atoms with Gasteiger partial charge in [0.1, 0.15) is 18.7 Å². The molecule has 1 amide bonds. The molecule has 0 spiro atoms. The SMILES string of the molecule is Cc1cc(=O)n(CC(=O)NCc2cc(-c3ccc(F)cc3)ncn2)cn1. The standard InChI is InChI=1S/C18H16FN5O2/c1-12-6-18(26)24(11-23-12)9-17(25)20-8-15-7-16(22-10-21-15)13-2-4-14(19)5-3-13/h2-7,10-11H,8-9H2,1H3,(H,20,25). The van der Waals surface area contributed by atoms with Crippen molar-refractivity contribution in [3.05, 3.63) is 76.6 Å². The van der Waals surface area contributed by atoms with Gasteiger partial charge in [-0.2, -0.15) is 0 Å². The lowest BCUT2D eigenvalue weighted by Gasteiger charge is -2.08. The second-order valence-electron chi connectivity index (χ2n) is 5.67. The Labute approximate surface area is 148 Å². The summed E-state index contributed by atoms with van der Waals surface area (Å²) >= 11 is 0. The number of carbonyl (C=O) groups is 1. The Balaban J connectivity index is 1.64. The smallest absolute Gasteiger partial charge is 0.253 e. The number of hydrogen-bond acceptors (Lipinski definition) is 5. The Kier molecular flexibility index (Phi) is 5.12. The van der Waals surface area contributed by atoms with Gasteiger partial charge in [0, 0.05) is 17.3 Å². The van der Waals surface area contributed by atoms with E-state index >= 15 is 0 Å². The van der Waals surface area contributed by atoms with E-state index in [9.17, 15) is 14.0 Å². The molecular formula is C18H16FN5O2. The van der Waals surface area contributed by atoms with Crippen LogP contribution < -0.4 is 10.9 Å². The predicted molar refractivity (Wildman–Crippen MR) is 92.5 cm³/mol. The first-order chi connectivity index (χ1) is 12.5. The third-order valence-electron chi connectivity index (χ3n) is 3.66. The molecule has 1 N–H and O–H groups in total. The van der Waals surface area contributed by atoms with E-state index in [0.717, 1.165) is 5.56 Å². The zero-order chi connectivity index (χ0) is 18.5. The topological polar surface area (TPSA) is 89.8 Å². The molecule has 26 heavy (non-hydrogen) atoms. The largest absolute Gasteiger partial charge is 0.349 e. The maximum atomic E-state index is 13.0. The van der Waals surface area contributed by atoms with Gasteiger partial charge in [-0.25, -0.2) is 19.3 Å². The third kappa shape index (κ3) is 4.35. The van der Waals surface area contributed by atoms with Gasteiger partial charge in [0.15, 0.2) is 0 Å². The highest BCUT2D eigenvalue weighted by Gasteiger charge is 2.07. The first-order valence-electron chi connectivity index (χ1n) is 7.88. The number of aromatic nitrogens is 4. The molecule has 0 aliphatic rings. The first kappa shape index (κ1) is 17.4. The van der Waals surface area contributed by atoms with Gasteiger partial charge in [0.25, 0.3) is 5.56 Å². The van der Waals surface area contributed by atoms with Crippen molar-refractivity contribution in [3.63, 3.8) is 0 Å². The van der Waals surface area contributed by atoms with Crippen LogP contribution in [-0.2, 0) is 17.9 Å². The van der Waals surface area contributed by atoms with Gasteiger partial charge >= 0.3 is 0 Å². The van der Waals surface area contributed by atoms with Crippen molar-refractivity contribution in [2.24, 2.45) is 0 Å². The van der Waals surface area contributed by atoms with Gasteiger partial charge in [0.2, 0.25) is 5.91 Å². The molecule has 1 aromatic carbocycles. The van der Waals surface area contributed by atoms with Gasteiger partial charge in [-0.05, 0) is 37.3 Å². The minimum Gasteiger partial charge on any atom is -0.349 e. The molecular weight excluding hydrogens is 337 g/mol. The number of aryl methyl sites for hydroxylation is 1. The minimum atomic E-state index is -0.334. The van der Waals surface area contributed by atoms with Crippen molar-refractivity contribution in [1.82, 2.24) is 24.8 Å². The zero-order valence-electron chi connectivity index (χ0n) is 14.0. The summed E-state index contributed by atoms with van der Waals surface area (Å²) in [6.45, 7) is 1.77. The maximum Gasteiger partial charge on any atom is 0.253 e. The lowest BCUT2D eigenvalue weighted by molar-refractivity contribution is -0.121. The molecule has 7 nitrogen and oxygen atoms in total. The Morgan fingerprint density at radius 3 is 2.65 bits per heavy atom. The summed E-state index contributed by atoms with van der Waals surface area (Å²) in [4.78, 5) is 36.1. The number of hydrogen-bond donors (Lipinski definition) is 1. The van der Waals surface area contributed by atoms with E-state index in [1.54, 1.807) is 25.1 Å². The van der Waals surface area contributed by atoms with Gasteiger partial charge in [-0.1, -0.05) is 0 Å². The van der Waals surface area contributed by atoms with Crippen molar-refractivity contribution in [3.8, 4) is 11.3 Å². The van der Waals surface area contributed by atoms with E-state index in [4.69, 9.17) is 0 Å². The van der Waals surface area contributed by atoms with Crippen LogP contribution >= 0.6 is 0 Å². The molecule has 0 aliphatic heterocycles. The summed E-state index contributed by atoms with van der Waals surface area (Å²) in [5.74, 6) is -0.657. The number of amides is 1. The van der Waals surface area contributed by atoms with Crippen LogP contribution in [0.25, 0.3) is 11.3 Å². The van der Waals surface area contributed by atoms with Crippen molar-refractivity contribution in [1.29, 1.82) is 0 Å². The van der Waals surface area contributed by atoms with Gasteiger partial charge < -0.3 is 5.32 Å². The molecule has 0 saturated heterocycles. The first-order valence-corrected chi connectivity index (χ1v) is 7.88. The summed E-state index contributed by atoms with van der Waals surface area (Å²) in [5.41, 5.74) is 2.29. The predicted octanol–water partition coefficient (Wildman–Crippen LogP) is 1.46. The lowest BCUT2D eigenvalue weighted by Crippen LogP contribution is -2.32. The molecule has 8 heteroatoms. The lowest BCUT2D eigenvalue weighted by atomic mass is 10.1. The van der Waals surface area contributed by atoms with E-state index in [2.05, 4.69) is 20.3 Å². The summed E-state index contributed by atoms with van der Waals surface area (Å²) in [5, 5.41) is 2.70. The molecule has 3 rings (SSSR count). The Hall–Kier alpha value is -3.42. The molecule has 0 bridgehead atoms. The van der Waals surface area contributed by atoms with Crippen molar-refractivity contribution < 1.29 is 9.18 Å².